The first-order chi connectivity index (χ1) is 18.5. The lowest BCUT2D eigenvalue weighted by Crippen LogP contribution is -2.51. The second kappa shape index (κ2) is 14.4. The van der Waals surface area contributed by atoms with Gasteiger partial charge in [0, 0.05) is 41.2 Å². The summed E-state index contributed by atoms with van der Waals surface area (Å²) in [5.41, 5.74) is 2.25. The maximum Gasteiger partial charge on any atom is 0.243 e. The third kappa shape index (κ3) is 8.60. The summed E-state index contributed by atoms with van der Waals surface area (Å²) >= 11 is 12.9. The average molecular weight is 597 g/mol. The molecule has 1 aliphatic rings. The number of amides is 2. The molecule has 39 heavy (non-hydrogen) atoms. The van der Waals surface area contributed by atoms with Crippen molar-refractivity contribution in [1.29, 1.82) is 0 Å². The molecule has 2 amide bonds. The van der Waals surface area contributed by atoms with Gasteiger partial charge in [0.25, 0.3) is 0 Å². The summed E-state index contributed by atoms with van der Waals surface area (Å²) in [4.78, 5) is 28.5. The molecule has 0 aliphatic heterocycles. The number of hydrogen-bond donors (Lipinski definition) is 1. The van der Waals surface area contributed by atoms with Gasteiger partial charge in [-0.25, -0.2) is 8.42 Å². The number of nitrogens with one attached hydrogen (secondary N) is 1. The summed E-state index contributed by atoms with van der Waals surface area (Å²) in [6, 6.07) is 12.0. The molecule has 1 saturated carbocycles. The standard InChI is InChI=1S/C29H39Cl2N3O4S/c1-4-21-15-17-23(18-16-21)34(39(3,37)38)19-9-14-28(35)33(20-24-25(30)12-8-13-26(24)31)27(5-2)29(36)32-22-10-6-7-11-22/h8,12-13,15-18,22,27H,4-7,9-11,14,19-20H2,1-3H3,(H,32,36). The van der Waals surface area contributed by atoms with Crippen molar-refractivity contribution in [3.63, 3.8) is 0 Å². The lowest BCUT2D eigenvalue weighted by molar-refractivity contribution is -0.141. The van der Waals surface area contributed by atoms with Gasteiger partial charge in [0.2, 0.25) is 21.8 Å². The Morgan fingerprint density at radius 3 is 2.18 bits per heavy atom. The van der Waals surface area contributed by atoms with Crippen molar-refractivity contribution in [3.05, 3.63) is 63.6 Å². The minimum atomic E-state index is -3.55. The summed E-state index contributed by atoms with van der Waals surface area (Å²) in [5, 5.41) is 3.96. The van der Waals surface area contributed by atoms with E-state index in [-0.39, 0.29) is 43.8 Å². The van der Waals surface area contributed by atoms with Crippen LogP contribution in [0.5, 0.6) is 0 Å². The smallest absolute Gasteiger partial charge is 0.243 e. The van der Waals surface area contributed by atoms with Crippen LogP contribution in [0.15, 0.2) is 42.5 Å². The highest BCUT2D eigenvalue weighted by molar-refractivity contribution is 7.92. The van der Waals surface area contributed by atoms with E-state index in [1.807, 2.05) is 26.0 Å². The predicted octanol–water partition coefficient (Wildman–Crippen LogP) is 5.97. The number of halogens is 2. The zero-order valence-corrected chi connectivity index (χ0v) is 25.3. The van der Waals surface area contributed by atoms with Crippen LogP contribution in [0.2, 0.25) is 10.0 Å². The lowest BCUT2D eigenvalue weighted by Gasteiger charge is -2.32. The van der Waals surface area contributed by atoms with Crippen LogP contribution in [0.25, 0.3) is 0 Å². The average Bonchev–Trinajstić information content (AvgIpc) is 3.40. The zero-order valence-electron chi connectivity index (χ0n) is 23.0. The number of sulfonamides is 1. The molecule has 0 bridgehead atoms. The Bertz CT molecular complexity index is 1210. The molecule has 0 spiro atoms. The molecule has 10 heteroatoms. The number of hydrogen-bond acceptors (Lipinski definition) is 4. The highest BCUT2D eigenvalue weighted by Gasteiger charge is 2.31. The van der Waals surface area contributed by atoms with Crippen LogP contribution in [-0.4, -0.2) is 50.0 Å². The fraction of sp³-hybridized carbons (Fsp3) is 0.517. The van der Waals surface area contributed by atoms with Crippen molar-refractivity contribution < 1.29 is 18.0 Å². The number of anilines is 1. The first-order valence-corrected chi connectivity index (χ1v) is 16.2. The molecular weight excluding hydrogens is 557 g/mol. The van der Waals surface area contributed by atoms with Crippen molar-refractivity contribution in [1.82, 2.24) is 10.2 Å². The van der Waals surface area contributed by atoms with Gasteiger partial charge in [-0.05, 0) is 61.9 Å². The van der Waals surface area contributed by atoms with E-state index >= 15 is 0 Å². The maximum atomic E-state index is 13.7. The molecule has 1 fully saturated rings. The fourth-order valence-electron chi connectivity index (χ4n) is 5.04. The number of nitrogens with zero attached hydrogens (tertiary/aromatic N) is 2. The first-order valence-electron chi connectivity index (χ1n) is 13.6. The molecule has 0 radical (unpaired) electrons. The molecule has 1 atom stereocenters. The lowest BCUT2D eigenvalue weighted by atomic mass is 10.1. The summed E-state index contributed by atoms with van der Waals surface area (Å²) in [6.45, 7) is 4.14. The van der Waals surface area contributed by atoms with Gasteiger partial charge in [-0.3, -0.25) is 13.9 Å². The van der Waals surface area contributed by atoms with E-state index in [1.165, 1.54) is 9.21 Å². The summed E-state index contributed by atoms with van der Waals surface area (Å²) in [6.07, 6.45) is 6.82. The summed E-state index contributed by atoms with van der Waals surface area (Å²) in [5.74, 6) is -0.441. The van der Waals surface area contributed by atoms with E-state index in [1.54, 1.807) is 30.3 Å². The van der Waals surface area contributed by atoms with Crippen LogP contribution in [0, 0.1) is 0 Å². The number of benzene rings is 2. The van der Waals surface area contributed by atoms with Crippen LogP contribution in [0.1, 0.15) is 69.9 Å². The number of rotatable bonds is 13. The Labute approximate surface area is 242 Å². The maximum absolute atomic E-state index is 13.7. The van der Waals surface area contributed by atoms with Crippen molar-refractivity contribution in [2.45, 2.75) is 83.8 Å². The van der Waals surface area contributed by atoms with Gasteiger partial charge in [0.1, 0.15) is 6.04 Å². The molecule has 1 aliphatic carbocycles. The van der Waals surface area contributed by atoms with Crippen LogP contribution in [0.3, 0.4) is 0 Å². The molecule has 2 aromatic carbocycles. The summed E-state index contributed by atoms with van der Waals surface area (Å²) < 4.78 is 26.5. The Hall–Kier alpha value is -2.29. The van der Waals surface area contributed by atoms with E-state index in [0.29, 0.717) is 27.7 Å². The monoisotopic (exact) mass is 595 g/mol. The Kier molecular flexibility index (Phi) is 11.5. The zero-order chi connectivity index (χ0) is 28.6. The minimum Gasteiger partial charge on any atom is -0.352 e. The summed E-state index contributed by atoms with van der Waals surface area (Å²) in [7, 11) is -3.55. The fourth-order valence-corrected chi connectivity index (χ4v) is 6.52. The Morgan fingerprint density at radius 1 is 1.03 bits per heavy atom. The molecule has 0 aromatic heterocycles. The van der Waals surface area contributed by atoms with Gasteiger partial charge < -0.3 is 10.2 Å². The number of aryl methyl sites for hydroxylation is 1. The van der Waals surface area contributed by atoms with Crippen LogP contribution in [0.4, 0.5) is 5.69 Å². The van der Waals surface area contributed by atoms with Crippen LogP contribution >= 0.6 is 23.2 Å². The molecule has 0 saturated heterocycles. The highest BCUT2D eigenvalue weighted by atomic mass is 35.5. The largest absolute Gasteiger partial charge is 0.352 e. The van der Waals surface area contributed by atoms with E-state index in [0.717, 1.165) is 43.9 Å². The van der Waals surface area contributed by atoms with Gasteiger partial charge in [0.15, 0.2) is 0 Å². The van der Waals surface area contributed by atoms with Gasteiger partial charge in [-0.15, -0.1) is 0 Å². The molecule has 1 unspecified atom stereocenters. The van der Waals surface area contributed by atoms with E-state index < -0.39 is 16.1 Å². The van der Waals surface area contributed by atoms with Crippen molar-refractivity contribution in [3.8, 4) is 0 Å². The van der Waals surface area contributed by atoms with Crippen molar-refractivity contribution >= 4 is 50.7 Å². The molecule has 1 N–H and O–H groups in total. The third-order valence-corrected chi connectivity index (χ3v) is 9.16. The molecule has 7 nitrogen and oxygen atoms in total. The first kappa shape index (κ1) is 31.2. The second-order valence-corrected chi connectivity index (χ2v) is 12.8. The van der Waals surface area contributed by atoms with Gasteiger partial charge in [-0.1, -0.05) is 68.1 Å². The highest BCUT2D eigenvalue weighted by Crippen LogP contribution is 2.28. The van der Waals surface area contributed by atoms with Gasteiger partial charge >= 0.3 is 0 Å². The number of carbonyl (C=O) groups excluding carboxylic acids is 2. The third-order valence-electron chi connectivity index (χ3n) is 7.26. The Morgan fingerprint density at radius 2 is 1.64 bits per heavy atom. The molecule has 3 rings (SSSR count). The predicted molar refractivity (Wildman–Crippen MR) is 159 cm³/mol. The van der Waals surface area contributed by atoms with Gasteiger partial charge in [0.05, 0.1) is 11.9 Å². The molecule has 2 aromatic rings. The molecule has 0 heterocycles. The molecular formula is C29H39Cl2N3O4S. The van der Waals surface area contributed by atoms with Crippen LogP contribution < -0.4 is 9.62 Å². The van der Waals surface area contributed by atoms with Crippen molar-refractivity contribution in [2.24, 2.45) is 0 Å². The van der Waals surface area contributed by atoms with E-state index in [2.05, 4.69) is 5.32 Å². The minimum absolute atomic E-state index is 0.0638. The topological polar surface area (TPSA) is 86.8 Å². The van der Waals surface area contributed by atoms with Gasteiger partial charge in [-0.2, -0.15) is 0 Å². The number of carbonyl (C=O) groups is 2. The normalized spacial score (nSPS) is 14.7. The van der Waals surface area contributed by atoms with E-state index in [9.17, 15) is 18.0 Å². The molecule has 214 valence electrons. The quantitative estimate of drug-likeness (QED) is 0.309. The van der Waals surface area contributed by atoms with E-state index in [4.69, 9.17) is 23.2 Å². The second-order valence-electron chi connectivity index (χ2n) is 10.1. The Balaban J connectivity index is 1.79. The van der Waals surface area contributed by atoms with Crippen LogP contribution in [-0.2, 0) is 32.6 Å². The SMILES string of the molecule is CCc1ccc(N(CCCC(=O)N(Cc2c(Cl)cccc2Cl)C(CC)C(=O)NC2CCCC2)S(C)(=O)=O)cc1. The van der Waals surface area contributed by atoms with Crippen molar-refractivity contribution in [2.75, 3.05) is 17.1 Å².